The number of imidazole rings is 1. The van der Waals surface area contributed by atoms with Gasteiger partial charge in [-0.1, -0.05) is 24.3 Å². The molecule has 1 aromatic heterocycles. The van der Waals surface area contributed by atoms with Crippen LogP contribution in [0.4, 0.5) is 0 Å². The van der Waals surface area contributed by atoms with Gasteiger partial charge in [-0.25, -0.2) is 4.98 Å². The van der Waals surface area contributed by atoms with E-state index >= 15 is 0 Å². The third-order valence-corrected chi connectivity index (χ3v) is 4.80. The van der Waals surface area contributed by atoms with Crippen LogP contribution in [0.2, 0.25) is 0 Å². The van der Waals surface area contributed by atoms with Crippen LogP contribution in [-0.4, -0.2) is 40.6 Å². The monoisotopic (exact) mass is 335 g/mol. The molecule has 0 bridgehead atoms. The SMILES string of the molecule is COc1ccccc1-c1ccc2ncn(CC(=O)N3CCCC3)c2c1. The Labute approximate surface area is 146 Å². The van der Waals surface area contributed by atoms with Crippen molar-refractivity contribution in [1.29, 1.82) is 0 Å². The maximum absolute atomic E-state index is 12.5. The molecule has 2 heterocycles. The molecule has 0 atom stereocenters. The number of fused-ring (bicyclic) bond motifs is 1. The number of likely N-dealkylation sites (tertiary alicyclic amines) is 1. The Morgan fingerprint density at radius 3 is 2.76 bits per heavy atom. The fourth-order valence-corrected chi connectivity index (χ4v) is 3.45. The van der Waals surface area contributed by atoms with Crippen LogP contribution in [-0.2, 0) is 11.3 Å². The summed E-state index contributed by atoms with van der Waals surface area (Å²) < 4.78 is 7.41. The van der Waals surface area contributed by atoms with Crippen LogP contribution in [0.1, 0.15) is 12.8 Å². The van der Waals surface area contributed by atoms with E-state index in [1.165, 1.54) is 0 Å². The van der Waals surface area contributed by atoms with Crippen molar-refractivity contribution in [2.75, 3.05) is 20.2 Å². The molecule has 4 rings (SSSR count). The number of hydrogen-bond donors (Lipinski definition) is 0. The van der Waals surface area contributed by atoms with E-state index in [0.717, 1.165) is 53.8 Å². The summed E-state index contributed by atoms with van der Waals surface area (Å²) in [6.07, 6.45) is 3.97. The Hall–Kier alpha value is -2.82. The number of para-hydroxylation sites is 1. The minimum absolute atomic E-state index is 0.166. The molecule has 5 heteroatoms. The summed E-state index contributed by atoms with van der Waals surface area (Å²) in [5, 5.41) is 0. The van der Waals surface area contributed by atoms with Gasteiger partial charge in [-0.3, -0.25) is 4.79 Å². The quantitative estimate of drug-likeness (QED) is 0.735. The largest absolute Gasteiger partial charge is 0.496 e. The fourth-order valence-electron chi connectivity index (χ4n) is 3.45. The van der Waals surface area contributed by atoms with Gasteiger partial charge in [0.15, 0.2) is 0 Å². The van der Waals surface area contributed by atoms with Gasteiger partial charge in [-0.05, 0) is 36.6 Å². The lowest BCUT2D eigenvalue weighted by Crippen LogP contribution is -2.30. The number of carbonyl (C=O) groups excluding carboxylic acids is 1. The molecule has 0 aliphatic carbocycles. The Morgan fingerprint density at radius 2 is 1.96 bits per heavy atom. The van der Waals surface area contributed by atoms with E-state index < -0.39 is 0 Å². The van der Waals surface area contributed by atoms with Gasteiger partial charge in [0.2, 0.25) is 5.91 Å². The molecular formula is C20H21N3O2. The first-order valence-corrected chi connectivity index (χ1v) is 8.62. The minimum atomic E-state index is 0.166. The molecule has 5 nitrogen and oxygen atoms in total. The number of hydrogen-bond acceptors (Lipinski definition) is 3. The molecule has 1 aliphatic heterocycles. The van der Waals surface area contributed by atoms with Crippen LogP contribution in [0.5, 0.6) is 5.75 Å². The normalized spacial score (nSPS) is 14.2. The molecule has 25 heavy (non-hydrogen) atoms. The number of amides is 1. The van der Waals surface area contributed by atoms with E-state index in [9.17, 15) is 4.79 Å². The van der Waals surface area contributed by atoms with Crippen LogP contribution in [0, 0.1) is 0 Å². The molecule has 0 N–H and O–H groups in total. The van der Waals surface area contributed by atoms with E-state index in [4.69, 9.17) is 4.74 Å². The highest BCUT2D eigenvalue weighted by atomic mass is 16.5. The van der Waals surface area contributed by atoms with Crippen molar-refractivity contribution in [2.24, 2.45) is 0 Å². The van der Waals surface area contributed by atoms with Gasteiger partial charge in [0.05, 0.1) is 24.5 Å². The lowest BCUT2D eigenvalue weighted by atomic mass is 10.0. The van der Waals surface area contributed by atoms with E-state index in [1.54, 1.807) is 13.4 Å². The van der Waals surface area contributed by atoms with Gasteiger partial charge in [-0.15, -0.1) is 0 Å². The van der Waals surface area contributed by atoms with Gasteiger partial charge in [0.1, 0.15) is 12.3 Å². The predicted molar refractivity (Wildman–Crippen MR) is 97.5 cm³/mol. The molecule has 0 spiro atoms. The third-order valence-electron chi connectivity index (χ3n) is 4.80. The van der Waals surface area contributed by atoms with Crippen LogP contribution in [0.15, 0.2) is 48.8 Å². The van der Waals surface area contributed by atoms with Crippen LogP contribution in [0.3, 0.4) is 0 Å². The number of ether oxygens (including phenoxy) is 1. The molecule has 1 fully saturated rings. The van der Waals surface area contributed by atoms with Crippen LogP contribution >= 0.6 is 0 Å². The van der Waals surface area contributed by atoms with Crippen molar-refractivity contribution < 1.29 is 9.53 Å². The molecule has 0 radical (unpaired) electrons. The zero-order chi connectivity index (χ0) is 17.2. The second-order valence-electron chi connectivity index (χ2n) is 6.36. The topological polar surface area (TPSA) is 47.4 Å². The summed E-state index contributed by atoms with van der Waals surface area (Å²) in [6, 6.07) is 14.1. The molecule has 128 valence electrons. The molecule has 1 saturated heterocycles. The molecule has 1 amide bonds. The standard InChI is InChI=1S/C20H21N3O2/c1-25-19-7-3-2-6-16(19)15-8-9-17-18(12-15)23(14-21-17)13-20(24)22-10-4-5-11-22/h2-3,6-9,12,14H,4-5,10-11,13H2,1H3. The van der Waals surface area contributed by atoms with Crippen molar-refractivity contribution in [1.82, 2.24) is 14.5 Å². The van der Waals surface area contributed by atoms with Gasteiger partial charge in [-0.2, -0.15) is 0 Å². The summed E-state index contributed by atoms with van der Waals surface area (Å²) in [6.45, 7) is 2.09. The van der Waals surface area contributed by atoms with Gasteiger partial charge < -0.3 is 14.2 Å². The van der Waals surface area contributed by atoms with Crippen LogP contribution in [0.25, 0.3) is 22.2 Å². The number of aromatic nitrogens is 2. The van der Waals surface area contributed by atoms with Gasteiger partial charge >= 0.3 is 0 Å². The number of nitrogens with zero attached hydrogens (tertiary/aromatic N) is 3. The Kier molecular flexibility index (Phi) is 4.14. The molecule has 2 aromatic carbocycles. The first kappa shape index (κ1) is 15.7. The molecule has 0 saturated carbocycles. The van der Waals surface area contributed by atoms with Gasteiger partial charge in [0.25, 0.3) is 0 Å². The van der Waals surface area contributed by atoms with E-state index in [2.05, 4.69) is 11.1 Å². The second-order valence-corrected chi connectivity index (χ2v) is 6.36. The van der Waals surface area contributed by atoms with Crippen molar-refractivity contribution in [3.8, 4) is 16.9 Å². The Morgan fingerprint density at radius 1 is 1.16 bits per heavy atom. The van der Waals surface area contributed by atoms with E-state index in [1.807, 2.05) is 45.9 Å². The zero-order valence-corrected chi connectivity index (χ0v) is 14.3. The molecule has 3 aromatic rings. The molecule has 1 aliphatic rings. The summed E-state index contributed by atoms with van der Waals surface area (Å²) in [7, 11) is 1.68. The Bertz CT molecular complexity index is 910. The molecule has 0 unspecified atom stereocenters. The van der Waals surface area contributed by atoms with Crippen molar-refractivity contribution >= 4 is 16.9 Å². The average Bonchev–Trinajstić information content (AvgIpc) is 3.32. The first-order valence-electron chi connectivity index (χ1n) is 8.62. The smallest absolute Gasteiger partial charge is 0.242 e. The molecular weight excluding hydrogens is 314 g/mol. The number of benzene rings is 2. The summed E-state index contributed by atoms with van der Waals surface area (Å²) >= 11 is 0. The highest BCUT2D eigenvalue weighted by Gasteiger charge is 2.19. The van der Waals surface area contributed by atoms with Crippen LogP contribution < -0.4 is 4.74 Å². The van der Waals surface area contributed by atoms with Crippen molar-refractivity contribution in [2.45, 2.75) is 19.4 Å². The predicted octanol–water partition coefficient (Wildman–Crippen LogP) is 3.33. The van der Waals surface area contributed by atoms with Crippen molar-refractivity contribution in [3.63, 3.8) is 0 Å². The lowest BCUT2D eigenvalue weighted by Gasteiger charge is -2.16. The maximum Gasteiger partial charge on any atom is 0.242 e. The maximum atomic E-state index is 12.5. The minimum Gasteiger partial charge on any atom is -0.496 e. The Balaban J connectivity index is 1.69. The second kappa shape index (κ2) is 6.59. The number of carbonyl (C=O) groups is 1. The van der Waals surface area contributed by atoms with Crippen molar-refractivity contribution in [3.05, 3.63) is 48.8 Å². The highest BCUT2D eigenvalue weighted by molar-refractivity contribution is 5.85. The summed E-state index contributed by atoms with van der Waals surface area (Å²) in [5.41, 5.74) is 3.95. The average molecular weight is 335 g/mol. The van der Waals surface area contributed by atoms with E-state index in [-0.39, 0.29) is 5.91 Å². The summed E-state index contributed by atoms with van der Waals surface area (Å²) in [4.78, 5) is 18.8. The number of methoxy groups -OCH3 is 1. The highest BCUT2D eigenvalue weighted by Crippen LogP contribution is 2.31. The third kappa shape index (κ3) is 2.97. The number of rotatable bonds is 4. The summed E-state index contributed by atoms with van der Waals surface area (Å²) in [5.74, 6) is 1.00. The lowest BCUT2D eigenvalue weighted by molar-refractivity contribution is -0.130. The fraction of sp³-hybridized carbons (Fsp3) is 0.300. The zero-order valence-electron chi connectivity index (χ0n) is 14.3. The van der Waals surface area contributed by atoms with Gasteiger partial charge in [0, 0.05) is 18.7 Å². The first-order chi connectivity index (χ1) is 12.3. The van der Waals surface area contributed by atoms with E-state index in [0.29, 0.717) is 6.54 Å².